The SMILES string of the molecule is CC1CCC(CCNC2CCCCNC2=O)CC1. The number of carbonyl (C=O) groups is 1. The first-order valence-electron chi connectivity index (χ1n) is 7.77. The molecule has 1 aliphatic carbocycles. The Morgan fingerprint density at radius 3 is 2.72 bits per heavy atom. The number of hydrogen-bond donors (Lipinski definition) is 2. The van der Waals surface area contributed by atoms with E-state index < -0.39 is 0 Å². The summed E-state index contributed by atoms with van der Waals surface area (Å²) in [6.07, 6.45) is 10.1. The van der Waals surface area contributed by atoms with Crippen LogP contribution in [0.1, 0.15) is 58.3 Å². The monoisotopic (exact) mass is 252 g/mol. The van der Waals surface area contributed by atoms with E-state index in [4.69, 9.17) is 0 Å². The van der Waals surface area contributed by atoms with Gasteiger partial charge in [0.05, 0.1) is 6.04 Å². The second-order valence-corrected chi connectivity index (χ2v) is 6.21. The van der Waals surface area contributed by atoms with Crippen molar-refractivity contribution in [3.63, 3.8) is 0 Å². The highest BCUT2D eigenvalue weighted by Gasteiger charge is 2.21. The summed E-state index contributed by atoms with van der Waals surface area (Å²) in [5.41, 5.74) is 0. The Labute approximate surface area is 111 Å². The Kier molecular flexibility index (Phi) is 5.48. The first-order valence-corrected chi connectivity index (χ1v) is 7.77. The molecule has 1 saturated heterocycles. The lowest BCUT2D eigenvalue weighted by atomic mass is 9.81. The van der Waals surface area contributed by atoms with Gasteiger partial charge >= 0.3 is 0 Å². The third kappa shape index (κ3) is 4.27. The van der Waals surface area contributed by atoms with E-state index in [0.29, 0.717) is 0 Å². The zero-order valence-corrected chi connectivity index (χ0v) is 11.7. The van der Waals surface area contributed by atoms with Gasteiger partial charge in [-0.1, -0.05) is 32.6 Å². The van der Waals surface area contributed by atoms with E-state index in [9.17, 15) is 4.79 Å². The Morgan fingerprint density at radius 1 is 1.17 bits per heavy atom. The van der Waals surface area contributed by atoms with Crippen molar-refractivity contribution in [2.75, 3.05) is 13.1 Å². The largest absolute Gasteiger partial charge is 0.355 e. The molecule has 2 aliphatic rings. The predicted octanol–water partition coefficient (Wildman–Crippen LogP) is 2.46. The fraction of sp³-hybridized carbons (Fsp3) is 0.933. The molecule has 3 heteroatoms. The maximum absolute atomic E-state index is 11.8. The highest BCUT2D eigenvalue weighted by molar-refractivity contribution is 5.81. The molecule has 0 bridgehead atoms. The van der Waals surface area contributed by atoms with Crippen LogP contribution in [-0.2, 0) is 4.79 Å². The average Bonchev–Trinajstić information content (AvgIpc) is 2.57. The Bertz CT molecular complexity index is 259. The molecule has 0 aromatic rings. The predicted molar refractivity (Wildman–Crippen MR) is 74.4 cm³/mol. The summed E-state index contributed by atoms with van der Waals surface area (Å²) in [6, 6.07) is 0.0648. The number of carbonyl (C=O) groups excluding carboxylic acids is 1. The number of amides is 1. The van der Waals surface area contributed by atoms with Crippen molar-refractivity contribution in [3.8, 4) is 0 Å². The summed E-state index contributed by atoms with van der Waals surface area (Å²) >= 11 is 0. The van der Waals surface area contributed by atoms with Gasteiger partial charge in [-0.05, 0) is 44.1 Å². The zero-order valence-electron chi connectivity index (χ0n) is 11.7. The summed E-state index contributed by atoms with van der Waals surface area (Å²) in [4.78, 5) is 11.8. The van der Waals surface area contributed by atoms with Gasteiger partial charge in [0.2, 0.25) is 5.91 Å². The second-order valence-electron chi connectivity index (χ2n) is 6.21. The van der Waals surface area contributed by atoms with Crippen LogP contribution in [0.15, 0.2) is 0 Å². The minimum absolute atomic E-state index is 0.0648. The fourth-order valence-electron chi connectivity index (χ4n) is 3.21. The van der Waals surface area contributed by atoms with E-state index in [0.717, 1.165) is 44.2 Å². The highest BCUT2D eigenvalue weighted by Crippen LogP contribution is 2.29. The van der Waals surface area contributed by atoms with Crippen molar-refractivity contribution in [1.29, 1.82) is 0 Å². The Balaban J connectivity index is 1.63. The quantitative estimate of drug-likeness (QED) is 0.807. The standard InChI is InChI=1S/C15H28N2O/c1-12-5-7-13(8-6-12)9-11-16-14-4-2-3-10-17-15(14)18/h12-14,16H,2-11H2,1H3,(H,17,18). The fourth-order valence-corrected chi connectivity index (χ4v) is 3.21. The van der Waals surface area contributed by atoms with Crippen LogP contribution in [-0.4, -0.2) is 25.0 Å². The van der Waals surface area contributed by atoms with E-state index in [1.807, 2.05) is 0 Å². The molecule has 1 amide bonds. The molecule has 1 saturated carbocycles. The van der Waals surface area contributed by atoms with Gasteiger partial charge < -0.3 is 10.6 Å². The molecule has 0 radical (unpaired) electrons. The molecule has 1 unspecified atom stereocenters. The minimum Gasteiger partial charge on any atom is -0.355 e. The van der Waals surface area contributed by atoms with E-state index >= 15 is 0 Å². The van der Waals surface area contributed by atoms with Gasteiger partial charge in [0.25, 0.3) is 0 Å². The molecule has 2 N–H and O–H groups in total. The third-order valence-electron chi connectivity index (χ3n) is 4.61. The van der Waals surface area contributed by atoms with Crippen LogP contribution in [0.3, 0.4) is 0 Å². The van der Waals surface area contributed by atoms with E-state index in [1.165, 1.54) is 32.1 Å². The summed E-state index contributed by atoms with van der Waals surface area (Å²) in [7, 11) is 0. The van der Waals surface area contributed by atoms with E-state index in [2.05, 4.69) is 17.6 Å². The summed E-state index contributed by atoms with van der Waals surface area (Å²) < 4.78 is 0. The molecule has 3 nitrogen and oxygen atoms in total. The molecule has 104 valence electrons. The van der Waals surface area contributed by atoms with Crippen LogP contribution >= 0.6 is 0 Å². The van der Waals surface area contributed by atoms with Gasteiger partial charge in [0.1, 0.15) is 0 Å². The Hall–Kier alpha value is -0.570. The first-order chi connectivity index (χ1) is 8.75. The molecule has 2 rings (SSSR count). The molecule has 0 aromatic heterocycles. The number of hydrogen-bond acceptors (Lipinski definition) is 2. The molecular formula is C15H28N2O. The molecule has 1 heterocycles. The lowest BCUT2D eigenvalue weighted by Gasteiger charge is -2.26. The maximum atomic E-state index is 11.8. The van der Waals surface area contributed by atoms with Crippen molar-refractivity contribution in [3.05, 3.63) is 0 Å². The normalized spacial score (nSPS) is 33.8. The maximum Gasteiger partial charge on any atom is 0.237 e. The van der Waals surface area contributed by atoms with Crippen molar-refractivity contribution in [1.82, 2.24) is 10.6 Å². The third-order valence-corrected chi connectivity index (χ3v) is 4.61. The number of nitrogens with one attached hydrogen (secondary N) is 2. The van der Waals surface area contributed by atoms with Gasteiger partial charge in [-0.25, -0.2) is 0 Å². The van der Waals surface area contributed by atoms with Crippen LogP contribution < -0.4 is 10.6 Å². The van der Waals surface area contributed by atoms with Gasteiger partial charge in [-0.15, -0.1) is 0 Å². The van der Waals surface area contributed by atoms with Crippen LogP contribution in [0.5, 0.6) is 0 Å². The smallest absolute Gasteiger partial charge is 0.237 e. The second kappa shape index (κ2) is 7.13. The van der Waals surface area contributed by atoms with Crippen molar-refractivity contribution in [2.45, 2.75) is 64.3 Å². The highest BCUT2D eigenvalue weighted by atomic mass is 16.2. The summed E-state index contributed by atoms with van der Waals surface area (Å²) in [6.45, 7) is 4.24. The van der Waals surface area contributed by atoms with Crippen molar-refractivity contribution < 1.29 is 4.79 Å². The summed E-state index contributed by atoms with van der Waals surface area (Å²) in [5.74, 6) is 2.04. The molecule has 18 heavy (non-hydrogen) atoms. The van der Waals surface area contributed by atoms with Crippen molar-refractivity contribution >= 4 is 5.91 Å². The molecule has 1 aliphatic heterocycles. The average molecular weight is 252 g/mol. The van der Waals surface area contributed by atoms with E-state index in [1.54, 1.807) is 0 Å². The number of rotatable bonds is 4. The van der Waals surface area contributed by atoms with Gasteiger partial charge in [-0.3, -0.25) is 4.79 Å². The van der Waals surface area contributed by atoms with Crippen molar-refractivity contribution in [2.24, 2.45) is 11.8 Å². The van der Waals surface area contributed by atoms with Crippen LogP contribution in [0.2, 0.25) is 0 Å². The van der Waals surface area contributed by atoms with Gasteiger partial charge in [0.15, 0.2) is 0 Å². The molecular weight excluding hydrogens is 224 g/mol. The topological polar surface area (TPSA) is 41.1 Å². The molecule has 0 spiro atoms. The summed E-state index contributed by atoms with van der Waals surface area (Å²) in [5, 5.41) is 6.45. The van der Waals surface area contributed by atoms with Crippen LogP contribution in [0.4, 0.5) is 0 Å². The minimum atomic E-state index is 0.0648. The van der Waals surface area contributed by atoms with Crippen LogP contribution in [0, 0.1) is 11.8 Å². The van der Waals surface area contributed by atoms with E-state index in [-0.39, 0.29) is 11.9 Å². The van der Waals surface area contributed by atoms with Gasteiger partial charge in [0, 0.05) is 6.54 Å². The molecule has 2 fully saturated rings. The molecule has 1 atom stereocenters. The lowest BCUT2D eigenvalue weighted by molar-refractivity contribution is -0.122. The first kappa shape index (κ1) is 13.9. The zero-order chi connectivity index (χ0) is 12.8. The Morgan fingerprint density at radius 2 is 1.94 bits per heavy atom. The lowest BCUT2D eigenvalue weighted by Crippen LogP contribution is -2.43. The van der Waals surface area contributed by atoms with Crippen LogP contribution in [0.25, 0.3) is 0 Å². The van der Waals surface area contributed by atoms with Gasteiger partial charge in [-0.2, -0.15) is 0 Å². The molecule has 0 aromatic carbocycles.